The summed E-state index contributed by atoms with van der Waals surface area (Å²) >= 11 is 7.95. The van der Waals surface area contributed by atoms with E-state index in [4.69, 9.17) is 11.6 Å². The van der Waals surface area contributed by atoms with Crippen LogP contribution < -0.4 is 5.32 Å². The minimum atomic E-state index is -0.0908. The summed E-state index contributed by atoms with van der Waals surface area (Å²) in [7, 11) is 0. The predicted molar refractivity (Wildman–Crippen MR) is 100 cm³/mol. The Bertz CT molecular complexity index is 520. The Kier molecular flexibility index (Phi) is 6.81. The van der Waals surface area contributed by atoms with Gasteiger partial charge in [0.25, 0.3) is 0 Å². The molecule has 1 aromatic carbocycles. The van der Waals surface area contributed by atoms with Crippen LogP contribution in [0.2, 0.25) is 5.02 Å². The number of halogens is 1. The fourth-order valence-corrected chi connectivity index (χ4v) is 4.24. The maximum atomic E-state index is 12.6. The molecule has 5 heteroatoms. The van der Waals surface area contributed by atoms with Crippen LogP contribution in [-0.4, -0.2) is 40.9 Å². The molecule has 0 radical (unpaired) electrons. The lowest BCUT2D eigenvalue weighted by atomic mass is 10.1. The van der Waals surface area contributed by atoms with E-state index in [1.54, 1.807) is 0 Å². The second-order valence-corrected chi connectivity index (χ2v) is 8.39. The third-order valence-corrected chi connectivity index (χ3v) is 6.32. The topological polar surface area (TPSA) is 32.3 Å². The first-order valence-corrected chi connectivity index (χ1v) is 9.72. The Balaban J connectivity index is 1.92. The van der Waals surface area contributed by atoms with Crippen LogP contribution in [0.3, 0.4) is 0 Å². The van der Waals surface area contributed by atoms with Gasteiger partial charge >= 0.3 is 0 Å². The van der Waals surface area contributed by atoms with Crippen molar-refractivity contribution in [3.8, 4) is 0 Å². The highest BCUT2D eigenvalue weighted by atomic mass is 35.5. The average Bonchev–Trinajstić information content (AvgIpc) is 2.54. The van der Waals surface area contributed by atoms with Gasteiger partial charge in [0, 0.05) is 29.1 Å². The van der Waals surface area contributed by atoms with Gasteiger partial charge in [0.1, 0.15) is 0 Å². The second kappa shape index (κ2) is 8.41. The molecule has 2 rings (SSSR count). The largest absolute Gasteiger partial charge is 0.348 e. The molecule has 0 bridgehead atoms. The first kappa shape index (κ1) is 18.6. The number of carbonyl (C=O) groups is 1. The van der Waals surface area contributed by atoms with E-state index < -0.39 is 0 Å². The number of amides is 1. The fraction of sp³-hybridized carbons (Fsp3) is 0.611. The van der Waals surface area contributed by atoms with E-state index in [0.717, 1.165) is 24.4 Å². The van der Waals surface area contributed by atoms with Crippen molar-refractivity contribution >= 4 is 29.3 Å². The van der Waals surface area contributed by atoms with Crippen LogP contribution >= 0.6 is 23.4 Å². The molecule has 0 aliphatic carbocycles. The van der Waals surface area contributed by atoms with Crippen molar-refractivity contribution < 1.29 is 4.79 Å². The van der Waals surface area contributed by atoms with Crippen molar-refractivity contribution in [1.29, 1.82) is 0 Å². The average molecular weight is 355 g/mol. The number of hydrogen-bond acceptors (Lipinski definition) is 3. The number of thioether (sulfide) groups is 1. The Labute approximate surface area is 149 Å². The molecule has 1 aliphatic rings. The molecule has 1 saturated heterocycles. The molecule has 1 aliphatic heterocycles. The van der Waals surface area contributed by atoms with Crippen molar-refractivity contribution in [2.24, 2.45) is 5.92 Å². The van der Waals surface area contributed by atoms with Crippen LogP contribution in [0.4, 0.5) is 0 Å². The quantitative estimate of drug-likeness (QED) is 0.868. The summed E-state index contributed by atoms with van der Waals surface area (Å²) in [5.41, 5.74) is 1.07. The lowest BCUT2D eigenvalue weighted by Crippen LogP contribution is -2.51. The van der Waals surface area contributed by atoms with E-state index in [1.807, 2.05) is 49.9 Å². The molecule has 1 N–H and O–H groups in total. The highest BCUT2D eigenvalue weighted by Crippen LogP contribution is 2.26. The molecular formula is C18H27ClN2OS. The zero-order valence-corrected chi connectivity index (χ0v) is 16.0. The minimum Gasteiger partial charge on any atom is -0.348 e. The van der Waals surface area contributed by atoms with Crippen molar-refractivity contribution in [2.45, 2.75) is 45.0 Å². The van der Waals surface area contributed by atoms with Gasteiger partial charge in [-0.2, -0.15) is 11.8 Å². The van der Waals surface area contributed by atoms with Crippen LogP contribution in [0, 0.1) is 5.92 Å². The van der Waals surface area contributed by atoms with Gasteiger partial charge in [-0.1, -0.05) is 37.6 Å². The molecule has 0 saturated carbocycles. The van der Waals surface area contributed by atoms with Gasteiger partial charge < -0.3 is 5.32 Å². The third kappa shape index (κ3) is 5.13. The SMILES string of the molecule is CC(NC(=O)C(C)N1CCSC(C(C)C)C1)c1ccc(Cl)cc1. The zero-order chi connectivity index (χ0) is 17.0. The number of hydrogen-bond donors (Lipinski definition) is 1. The summed E-state index contributed by atoms with van der Waals surface area (Å²) in [6.45, 7) is 10.5. The molecule has 3 nitrogen and oxygen atoms in total. The summed E-state index contributed by atoms with van der Waals surface area (Å²) in [6, 6.07) is 7.54. The lowest BCUT2D eigenvalue weighted by Gasteiger charge is -2.37. The Morgan fingerprint density at radius 3 is 2.52 bits per heavy atom. The van der Waals surface area contributed by atoms with E-state index >= 15 is 0 Å². The first-order chi connectivity index (χ1) is 10.9. The van der Waals surface area contributed by atoms with Crippen molar-refractivity contribution in [1.82, 2.24) is 10.2 Å². The molecule has 3 unspecified atom stereocenters. The predicted octanol–water partition coefficient (Wildman–Crippen LogP) is 3.98. The zero-order valence-electron chi connectivity index (χ0n) is 14.4. The number of nitrogens with zero attached hydrogens (tertiary/aromatic N) is 1. The molecule has 1 heterocycles. The summed E-state index contributed by atoms with van der Waals surface area (Å²) < 4.78 is 0. The summed E-state index contributed by atoms with van der Waals surface area (Å²) in [6.07, 6.45) is 0. The van der Waals surface area contributed by atoms with Crippen LogP contribution in [0.15, 0.2) is 24.3 Å². The Morgan fingerprint density at radius 1 is 1.26 bits per heavy atom. The smallest absolute Gasteiger partial charge is 0.237 e. The summed E-state index contributed by atoms with van der Waals surface area (Å²) in [5.74, 6) is 1.85. The molecule has 0 aromatic heterocycles. The van der Waals surface area contributed by atoms with Gasteiger partial charge in [-0.15, -0.1) is 0 Å². The molecule has 128 valence electrons. The summed E-state index contributed by atoms with van der Waals surface area (Å²) in [5, 5.41) is 4.46. The van der Waals surface area contributed by atoms with Gasteiger partial charge in [0.2, 0.25) is 5.91 Å². The van der Waals surface area contributed by atoms with E-state index in [0.29, 0.717) is 16.2 Å². The fourth-order valence-electron chi connectivity index (χ4n) is 2.79. The maximum absolute atomic E-state index is 12.6. The van der Waals surface area contributed by atoms with E-state index in [-0.39, 0.29) is 18.0 Å². The molecule has 0 spiro atoms. The van der Waals surface area contributed by atoms with Crippen LogP contribution in [0.25, 0.3) is 0 Å². The molecule has 1 aromatic rings. The highest BCUT2D eigenvalue weighted by Gasteiger charge is 2.29. The van der Waals surface area contributed by atoms with Crippen LogP contribution in [0.1, 0.15) is 39.3 Å². The molecule has 1 amide bonds. The van der Waals surface area contributed by atoms with Gasteiger partial charge in [0.05, 0.1) is 12.1 Å². The van der Waals surface area contributed by atoms with Crippen molar-refractivity contribution in [3.63, 3.8) is 0 Å². The number of benzene rings is 1. The van der Waals surface area contributed by atoms with Gasteiger partial charge in [-0.3, -0.25) is 9.69 Å². The van der Waals surface area contributed by atoms with E-state index in [2.05, 4.69) is 24.1 Å². The van der Waals surface area contributed by atoms with Crippen LogP contribution in [0.5, 0.6) is 0 Å². The Hall–Kier alpha value is -0.710. The van der Waals surface area contributed by atoms with E-state index in [1.165, 1.54) is 0 Å². The normalized spacial score (nSPS) is 21.9. The lowest BCUT2D eigenvalue weighted by molar-refractivity contribution is -0.126. The molecule has 1 fully saturated rings. The number of rotatable bonds is 5. The highest BCUT2D eigenvalue weighted by molar-refractivity contribution is 8.00. The maximum Gasteiger partial charge on any atom is 0.237 e. The van der Waals surface area contributed by atoms with Gasteiger partial charge in [0.15, 0.2) is 0 Å². The number of carbonyl (C=O) groups excluding carboxylic acids is 1. The Morgan fingerprint density at radius 2 is 1.91 bits per heavy atom. The molecular weight excluding hydrogens is 328 g/mol. The third-order valence-electron chi connectivity index (χ3n) is 4.52. The van der Waals surface area contributed by atoms with E-state index in [9.17, 15) is 4.79 Å². The monoisotopic (exact) mass is 354 g/mol. The van der Waals surface area contributed by atoms with Gasteiger partial charge in [-0.25, -0.2) is 0 Å². The van der Waals surface area contributed by atoms with Gasteiger partial charge in [-0.05, 0) is 37.5 Å². The van der Waals surface area contributed by atoms with Crippen molar-refractivity contribution in [2.75, 3.05) is 18.8 Å². The standard InChI is InChI=1S/C18H27ClN2OS/c1-12(2)17-11-21(9-10-23-17)14(4)18(22)20-13(3)15-5-7-16(19)8-6-15/h5-8,12-14,17H,9-11H2,1-4H3,(H,20,22). The van der Waals surface area contributed by atoms with Crippen LogP contribution in [-0.2, 0) is 4.79 Å². The minimum absolute atomic E-state index is 0.0118. The first-order valence-electron chi connectivity index (χ1n) is 8.30. The molecule has 23 heavy (non-hydrogen) atoms. The number of nitrogens with one attached hydrogen (secondary N) is 1. The summed E-state index contributed by atoms with van der Waals surface area (Å²) in [4.78, 5) is 14.9. The second-order valence-electron chi connectivity index (χ2n) is 6.61. The van der Waals surface area contributed by atoms with Crippen molar-refractivity contribution in [3.05, 3.63) is 34.9 Å². The molecule has 3 atom stereocenters.